The normalized spacial score (nSPS) is 17.0. The van der Waals surface area contributed by atoms with Gasteiger partial charge in [0.25, 0.3) is 5.91 Å². The van der Waals surface area contributed by atoms with Crippen molar-refractivity contribution in [3.05, 3.63) is 40.4 Å². The van der Waals surface area contributed by atoms with E-state index in [1.807, 2.05) is 43.3 Å². The average molecular weight is 315 g/mol. The van der Waals surface area contributed by atoms with E-state index >= 15 is 0 Å². The molecular formula is C17H21N3OS. The maximum atomic E-state index is 12.4. The number of benzene rings is 1. The Balaban J connectivity index is 1.76. The summed E-state index contributed by atoms with van der Waals surface area (Å²) in [6, 6.07) is 7.61. The molecule has 116 valence electrons. The van der Waals surface area contributed by atoms with E-state index in [1.54, 1.807) is 11.3 Å². The summed E-state index contributed by atoms with van der Waals surface area (Å²) >= 11 is 1.62. The molecule has 1 aliphatic rings. The number of amides is 1. The summed E-state index contributed by atoms with van der Waals surface area (Å²) in [5.74, 6) is 0.621. The van der Waals surface area contributed by atoms with E-state index in [1.165, 1.54) is 17.0 Å². The molecule has 1 atom stereocenters. The van der Waals surface area contributed by atoms with Gasteiger partial charge in [-0.2, -0.15) is 0 Å². The summed E-state index contributed by atoms with van der Waals surface area (Å²) < 4.78 is 0. The topological polar surface area (TPSA) is 45.2 Å². The maximum Gasteiger partial charge on any atom is 0.257 e. The zero-order valence-electron chi connectivity index (χ0n) is 13.2. The molecule has 1 aromatic carbocycles. The van der Waals surface area contributed by atoms with Crippen LogP contribution in [0.1, 0.15) is 34.3 Å². The molecule has 0 fully saturated rings. The van der Waals surface area contributed by atoms with Crippen LogP contribution in [-0.2, 0) is 12.8 Å². The van der Waals surface area contributed by atoms with Crippen LogP contribution in [0.25, 0.3) is 0 Å². The molecule has 1 aliphatic carbocycles. The fraction of sp³-hybridized carbons (Fsp3) is 0.412. The van der Waals surface area contributed by atoms with E-state index in [0.717, 1.165) is 23.7 Å². The molecule has 0 saturated carbocycles. The van der Waals surface area contributed by atoms with Crippen LogP contribution in [0, 0.1) is 5.92 Å². The smallest absolute Gasteiger partial charge is 0.257 e. The van der Waals surface area contributed by atoms with Gasteiger partial charge >= 0.3 is 0 Å². The zero-order valence-corrected chi connectivity index (χ0v) is 14.0. The molecule has 0 spiro atoms. The van der Waals surface area contributed by atoms with Gasteiger partial charge in [-0.25, -0.2) is 4.98 Å². The van der Waals surface area contributed by atoms with Crippen LogP contribution in [0.3, 0.4) is 0 Å². The average Bonchev–Trinajstić information content (AvgIpc) is 2.88. The minimum absolute atomic E-state index is 0.0946. The Kier molecular flexibility index (Phi) is 4.16. The van der Waals surface area contributed by atoms with Gasteiger partial charge in [-0.3, -0.25) is 10.1 Å². The zero-order chi connectivity index (χ0) is 15.7. The number of aryl methyl sites for hydroxylation is 1. The highest BCUT2D eigenvalue weighted by Gasteiger charge is 2.20. The molecule has 0 radical (unpaired) electrons. The summed E-state index contributed by atoms with van der Waals surface area (Å²) in [5, 5.41) is 3.67. The van der Waals surface area contributed by atoms with Gasteiger partial charge in [-0.15, -0.1) is 11.3 Å². The number of aromatic nitrogens is 1. The Morgan fingerprint density at radius 2 is 2.23 bits per heavy atom. The molecule has 0 saturated heterocycles. The van der Waals surface area contributed by atoms with Crippen molar-refractivity contribution in [1.29, 1.82) is 0 Å². The van der Waals surface area contributed by atoms with Crippen molar-refractivity contribution >= 4 is 28.1 Å². The molecular weight excluding hydrogens is 294 g/mol. The fourth-order valence-electron chi connectivity index (χ4n) is 2.69. The van der Waals surface area contributed by atoms with E-state index in [-0.39, 0.29) is 5.91 Å². The van der Waals surface area contributed by atoms with E-state index in [4.69, 9.17) is 0 Å². The molecule has 1 heterocycles. The van der Waals surface area contributed by atoms with Crippen molar-refractivity contribution in [3.8, 4) is 0 Å². The highest BCUT2D eigenvalue weighted by atomic mass is 32.1. The van der Waals surface area contributed by atoms with Crippen LogP contribution < -0.4 is 10.2 Å². The number of hydrogen-bond donors (Lipinski definition) is 1. The van der Waals surface area contributed by atoms with Crippen LogP contribution in [0.4, 0.5) is 10.8 Å². The van der Waals surface area contributed by atoms with Gasteiger partial charge in [0, 0.05) is 30.2 Å². The number of carbonyl (C=O) groups excluding carboxylic acids is 1. The quantitative estimate of drug-likeness (QED) is 0.941. The highest BCUT2D eigenvalue weighted by molar-refractivity contribution is 7.15. The van der Waals surface area contributed by atoms with Crippen LogP contribution >= 0.6 is 11.3 Å². The third-order valence-electron chi connectivity index (χ3n) is 4.03. The lowest BCUT2D eigenvalue weighted by Gasteiger charge is -2.15. The SMILES string of the molecule is CC1CCc2nc(NC(=O)c3cccc(N(C)C)c3)sc2C1. The number of nitrogens with one attached hydrogen (secondary N) is 1. The summed E-state index contributed by atoms with van der Waals surface area (Å²) in [6.45, 7) is 2.27. The van der Waals surface area contributed by atoms with E-state index in [9.17, 15) is 4.79 Å². The molecule has 1 amide bonds. The van der Waals surface area contributed by atoms with Gasteiger partial charge in [-0.05, 0) is 43.4 Å². The maximum absolute atomic E-state index is 12.4. The van der Waals surface area contributed by atoms with Crippen LogP contribution in [0.5, 0.6) is 0 Å². The van der Waals surface area contributed by atoms with Gasteiger partial charge < -0.3 is 4.90 Å². The second kappa shape index (κ2) is 6.08. The second-order valence-corrected chi connectivity index (χ2v) is 7.22. The number of rotatable bonds is 3. The van der Waals surface area contributed by atoms with Crippen LogP contribution in [-0.4, -0.2) is 25.0 Å². The molecule has 4 nitrogen and oxygen atoms in total. The monoisotopic (exact) mass is 315 g/mol. The third kappa shape index (κ3) is 3.14. The summed E-state index contributed by atoms with van der Waals surface area (Å²) in [4.78, 5) is 20.3. The standard InChI is InChI=1S/C17H21N3OS/c1-11-7-8-14-15(9-11)22-17(18-14)19-16(21)12-5-4-6-13(10-12)20(2)3/h4-6,10-11H,7-9H2,1-3H3,(H,18,19,21). The lowest BCUT2D eigenvalue weighted by molar-refractivity contribution is 0.102. The van der Waals surface area contributed by atoms with Gasteiger partial charge in [0.2, 0.25) is 0 Å². The number of carbonyl (C=O) groups is 1. The summed E-state index contributed by atoms with van der Waals surface area (Å²) in [5.41, 5.74) is 2.84. The lowest BCUT2D eigenvalue weighted by Crippen LogP contribution is -2.14. The summed E-state index contributed by atoms with van der Waals surface area (Å²) in [7, 11) is 3.93. The van der Waals surface area contributed by atoms with Crippen LogP contribution in [0.2, 0.25) is 0 Å². The Hall–Kier alpha value is -1.88. The minimum Gasteiger partial charge on any atom is -0.378 e. The van der Waals surface area contributed by atoms with Gasteiger partial charge in [0.05, 0.1) is 5.69 Å². The molecule has 0 aliphatic heterocycles. The Bertz CT molecular complexity index is 693. The van der Waals surface area contributed by atoms with Crippen molar-refractivity contribution in [1.82, 2.24) is 4.98 Å². The highest BCUT2D eigenvalue weighted by Crippen LogP contribution is 2.32. The first-order valence-corrected chi connectivity index (χ1v) is 8.42. The first-order chi connectivity index (χ1) is 10.5. The van der Waals surface area contributed by atoms with Crippen molar-refractivity contribution in [3.63, 3.8) is 0 Å². The molecule has 3 rings (SSSR count). The lowest BCUT2D eigenvalue weighted by atomic mass is 9.93. The van der Waals surface area contributed by atoms with E-state index in [2.05, 4.69) is 17.2 Å². The van der Waals surface area contributed by atoms with E-state index in [0.29, 0.717) is 11.5 Å². The first kappa shape index (κ1) is 15.0. The molecule has 22 heavy (non-hydrogen) atoms. The molecule has 1 N–H and O–H groups in total. The first-order valence-electron chi connectivity index (χ1n) is 7.60. The fourth-order valence-corrected chi connectivity index (χ4v) is 3.85. The molecule has 1 unspecified atom stereocenters. The predicted octanol–water partition coefficient (Wildman–Crippen LogP) is 3.59. The Labute approximate surface area is 135 Å². The van der Waals surface area contributed by atoms with Crippen molar-refractivity contribution in [2.45, 2.75) is 26.2 Å². The number of nitrogens with zero attached hydrogens (tertiary/aromatic N) is 2. The van der Waals surface area contributed by atoms with E-state index < -0.39 is 0 Å². The van der Waals surface area contributed by atoms with Crippen molar-refractivity contribution < 1.29 is 4.79 Å². The van der Waals surface area contributed by atoms with Crippen LogP contribution in [0.15, 0.2) is 24.3 Å². The number of hydrogen-bond acceptors (Lipinski definition) is 4. The largest absolute Gasteiger partial charge is 0.378 e. The van der Waals surface area contributed by atoms with Crippen molar-refractivity contribution in [2.24, 2.45) is 5.92 Å². The van der Waals surface area contributed by atoms with Gasteiger partial charge in [0.1, 0.15) is 0 Å². The predicted molar refractivity (Wildman–Crippen MR) is 92.0 cm³/mol. The second-order valence-electron chi connectivity index (χ2n) is 6.14. The summed E-state index contributed by atoms with van der Waals surface area (Å²) in [6.07, 6.45) is 3.30. The molecule has 2 aromatic rings. The number of thiazole rings is 1. The number of fused-ring (bicyclic) bond motifs is 1. The van der Waals surface area contributed by atoms with Crippen molar-refractivity contribution in [2.75, 3.05) is 24.3 Å². The van der Waals surface area contributed by atoms with Gasteiger partial charge in [-0.1, -0.05) is 13.0 Å². The van der Waals surface area contributed by atoms with Gasteiger partial charge in [0.15, 0.2) is 5.13 Å². The Morgan fingerprint density at radius 1 is 1.41 bits per heavy atom. The number of anilines is 2. The Morgan fingerprint density at radius 3 is 3.00 bits per heavy atom. The minimum atomic E-state index is -0.0946. The third-order valence-corrected chi connectivity index (χ3v) is 5.07. The molecule has 1 aromatic heterocycles. The molecule has 5 heteroatoms. The molecule has 0 bridgehead atoms.